The molecule has 0 saturated heterocycles. The molecular weight excluding hydrogens is 279 g/mol. The van der Waals surface area contributed by atoms with Crippen molar-refractivity contribution < 1.29 is 0 Å². The first-order valence-electron chi connectivity index (χ1n) is 6.23. The van der Waals surface area contributed by atoms with E-state index in [4.69, 9.17) is 23.2 Å². The number of nitrogens with zero attached hydrogens (tertiary/aromatic N) is 1. The Hall–Kier alpha value is -1.09. The largest absolute Gasteiger partial charge is 0.306 e. The molecule has 2 nitrogen and oxygen atoms in total. The van der Waals surface area contributed by atoms with Gasteiger partial charge in [-0.1, -0.05) is 36.2 Å². The van der Waals surface area contributed by atoms with Crippen molar-refractivity contribution in [3.05, 3.63) is 63.4 Å². The molecule has 1 aromatic heterocycles. The van der Waals surface area contributed by atoms with Gasteiger partial charge in [-0.3, -0.25) is 4.98 Å². The summed E-state index contributed by atoms with van der Waals surface area (Å²) in [7, 11) is 0. The van der Waals surface area contributed by atoms with Crippen molar-refractivity contribution in [2.75, 3.05) is 6.54 Å². The van der Waals surface area contributed by atoms with Gasteiger partial charge in [0.15, 0.2) is 0 Å². The molecule has 19 heavy (non-hydrogen) atoms. The first-order chi connectivity index (χ1) is 9.15. The summed E-state index contributed by atoms with van der Waals surface area (Å²) in [6.07, 6.45) is 3.65. The number of halogens is 2. The van der Waals surface area contributed by atoms with Gasteiger partial charge in [-0.25, -0.2) is 0 Å². The molecule has 2 rings (SSSR count). The highest BCUT2D eigenvalue weighted by Crippen LogP contribution is 2.34. The van der Waals surface area contributed by atoms with E-state index in [1.54, 1.807) is 6.20 Å². The average molecular weight is 295 g/mol. The number of rotatable bonds is 4. The Morgan fingerprint density at radius 1 is 1.21 bits per heavy atom. The molecule has 0 spiro atoms. The zero-order valence-electron chi connectivity index (χ0n) is 11.0. The van der Waals surface area contributed by atoms with Crippen LogP contribution in [0.15, 0.2) is 36.7 Å². The molecule has 0 saturated carbocycles. The number of hydrogen-bond acceptors (Lipinski definition) is 2. The molecule has 0 aliphatic carbocycles. The second-order valence-electron chi connectivity index (χ2n) is 4.36. The summed E-state index contributed by atoms with van der Waals surface area (Å²) in [6, 6.07) is 7.52. The van der Waals surface area contributed by atoms with Crippen molar-refractivity contribution in [2.45, 2.75) is 19.9 Å². The minimum absolute atomic E-state index is 0.0418. The van der Waals surface area contributed by atoms with E-state index < -0.39 is 0 Å². The van der Waals surface area contributed by atoms with Crippen molar-refractivity contribution in [1.29, 1.82) is 0 Å². The smallest absolute Gasteiger partial charge is 0.0624 e. The fourth-order valence-electron chi connectivity index (χ4n) is 2.14. The number of benzene rings is 1. The molecule has 0 amide bonds. The summed E-state index contributed by atoms with van der Waals surface area (Å²) >= 11 is 12.6. The maximum absolute atomic E-state index is 6.32. The van der Waals surface area contributed by atoms with Gasteiger partial charge in [0.2, 0.25) is 0 Å². The molecule has 1 atom stereocenters. The number of aromatic nitrogens is 1. The quantitative estimate of drug-likeness (QED) is 0.904. The molecule has 0 fully saturated rings. The molecule has 1 aromatic carbocycles. The molecule has 2 aromatic rings. The molecule has 0 radical (unpaired) electrons. The normalized spacial score (nSPS) is 12.4. The Bertz CT molecular complexity index is 550. The van der Waals surface area contributed by atoms with Crippen LogP contribution in [0.4, 0.5) is 0 Å². The van der Waals surface area contributed by atoms with E-state index in [0.717, 1.165) is 23.2 Å². The summed E-state index contributed by atoms with van der Waals surface area (Å²) in [5.74, 6) is 0. The van der Waals surface area contributed by atoms with Crippen LogP contribution in [-0.4, -0.2) is 11.5 Å². The topological polar surface area (TPSA) is 24.9 Å². The monoisotopic (exact) mass is 294 g/mol. The standard InChI is InChI=1S/C15H16Cl2N2/c1-3-19-15(11-9-18-8-7-10(11)2)14-12(16)5-4-6-13(14)17/h4-9,15,19H,3H2,1-2H3. The molecule has 1 N–H and O–H groups in total. The zero-order chi connectivity index (χ0) is 13.8. The van der Waals surface area contributed by atoms with Gasteiger partial charge in [0, 0.05) is 28.0 Å². The van der Waals surface area contributed by atoms with Crippen molar-refractivity contribution >= 4 is 23.2 Å². The van der Waals surface area contributed by atoms with Crippen LogP contribution in [0, 0.1) is 6.92 Å². The van der Waals surface area contributed by atoms with Crippen molar-refractivity contribution in [2.24, 2.45) is 0 Å². The fraction of sp³-hybridized carbons (Fsp3) is 0.267. The van der Waals surface area contributed by atoms with E-state index >= 15 is 0 Å². The van der Waals surface area contributed by atoms with Crippen LogP contribution in [0.5, 0.6) is 0 Å². The minimum Gasteiger partial charge on any atom is -0.306 e. The van der Waals surface area contributed by atoms with Gasteiger partial charge in [-0.15, -0.1) is 0 Å². The van der Waals surface area contributed by atoms with Gasteiger partial charge in [-0.05, 0) is 42.8 Å². The molecule has 100 valence electrons. The van der Waals surface area contributed by atoms with Crippen molar-refractivity contribution in [3.8, 4) is 0 Å². The summed E-state index contributed by atoms with van der Waals surface area (Å²) in [6.45, 7) is 4.94. The van der Waals surface area contributed by atoms with Gasteiger partial charge in [-0.2, -0.15) is 0 Å². The maximum atomic E-state index is 6.32. The van der Waals surface area contributed by atoms with Crippen LogP contribution in [-0.2, 0) is 0 Å². The summed E-state index contributed by atoms with van der Waals surface area (Å²) in [5.41, 5.74) is 3.17. The molecule has 0 aliphatic rings. The van der Waals surface area contributed by atoms with E-state index in [1.807, 2.05) is 30.5 Å². The third-order valence-corrected chi connectivity index (χ3v) is 3.75. The molecule has 0 aliphatic heterocycles. The van der Waals surface area contributed by atoms with Gasteiger partial charge in [0.25, 0.3) is 0 Å². The summed E-state index contributed by atoms with van der Waals surface area (Å²) < 4.78 is 0. The Labute approximate surface area is 123 Å². The lowest BCUT2D eigenvalue weighted by molar-refractivity contribution is 0.626. The van der Waals surface area contributed by atoms with Gasteiger partial charge >= 0.3 is 0 Å². The van der Waals surface area contributed by atoms with Crippen LogP contribution in [0.2, 0.25) is 10.0 Å². The molecule has 1 heterocycles. The van der Waals surface area contributed by atoms with E-state index in [1.165, 1.54) is 0 Å². The van der Waals surface area contributed by atoms with E-state index in [2.05, 4.69) is 24.1 Å². The second-order valence-corrected chi connectivity index (χ2v) is 5.17. The van der Waals surface area contributed by atoms with Gasteiger partial charge in [0.05, 0.1) is 6.04 Å². The predicted molar refractivity (Wildman–Crippen MR) is 81.0 cm³/mol. The number of aryl methyl sites for hydroxylation is 1. The van der Waals surface area contributed by atoms with Gasteiger partial charge < -0.3 is 5.32 Å². The predicted octanol–water partition coefficient (Wildman–Crippen LogP) is 4.40. The highest BCUT2D eigenvalue weighted by Gasteiger charge is 2.20. The summed E-state index contributed by atoms with van der Waals surface area (Å²) in [4.78, 5) is 4.21. The van der Waals surface area contributed by atoms with Crippen LogP contribution in [0.25, 0.3) is 0 Å². The lowest BCUT2D eigenvalue weighted by atomic mass is 9.96. The van der Waals surface area contributed by atoms with Crippen LogP contribution in [0.1, 0.15) is 29.7 Å². The molecule has 4 heteroatoms. The molecule has 1 unspecified atom stereocenters. The van der Waals surface area contributed by atoms with E-state index in [-0.39, 0.29) is 6.04 Å². The van der Waals surface area contributed by atoms with E-state index in [9.17, 15) is 0 Å². The first-order valence-corrected chi connectivity index (χ1v) is 6.98. The van der Waals surface area contributed by atoms with Crippen LogP contribution >= 0.6 is 23.2 Å². The maximum Gasteiger partial charge on any atom is 0.0624 e. The van der Waals surface area contributed by atoms with Crippen molar-refractivity contribution in [1.82, 2.24) is 10.3 Å². The van der Waals surface area contributed by atoms with Crippen LogP contribution < -0.4 is 5.32 Å². The lowest BCUT2D eigenvalue weighted by Gasteiger charge is -2.22. The second kappa shape index (κ2) is 6.38. The fourth-order valence-corrected chi connectivity index (χ4v) is 2.75. The SMILES string of the molecule is CCNC(c1cnccc1C)c1c(Cl)cccc1Cl. The highest BCUT2D eigenvalue weighted by molar-refractivity contribution is 6.36. The molecular formula is C15H16Cl2N2. The third-order valence-electron chi connectivity index (χ3n) is 3.09. The van der Waals surface area contributed by atoms with Crippen LogP contribution in [0.3, 0.4) is 0 Å². The number of pyridine rings is 1. The van der Waals surface area contributed by atoms with E-state index in [0.29, 0.717) is 10.0 Å². The lowest BCUT2D eigenvalue weighted by Crippen LogP contribution is -2.23. The highest BCUT2D eigenvalue weighted by atomic mass is 35.5. The Balaban J connectivity index is 2.55. The summed E-state index contributed by atoms with van der Waals surface area (Å²) in [5, 5.41) is 4.77. The Morgan fingerprint density at radius 3 is 2.47 bits per heavy atom. The molecule has 0 bridgehead atoms. The minimum atomic E-state index is -0.0418. The third kappa shape index (κ3) is 3.08. The number of hydrogen-bond donors (Lipinski definition) is 1. The first kappa shape index (κ1) is 14.3. The van der Waals surface area contributed by atoms with Crippen molar-refractivity contribution in [3.63, 3.8) is 0 Å². The Kier molecular flexibility index (Phi) is 4.81. The average Bonchev–Trinajstić information content (AvgIpc) is 2.38. The Morgan fingerprint density at radius 2 is 1.89 bits per heavy atom. The van der Waals surface area contributed by atoms with Gasteiger partial charge in [0.1, 0.15) is 0 Å². The number of nitrogens with one attached hydrogen (secondary N) is 1. The zero-order valence-corrected chi connectivity index (χ0v) is 12.5.